The monoisotopic (exact) mass is 269 g/mol. The summed E-state index contributed by atoms with van der Waals surface area (Å²) in [5.74, 6) is 0.965. The number of carbonyl (C=O) groups excluding carboxylic acids is 1. The van der Waals surface area contributed by atoms with Crippen molar-refractivity contribution >= 4 is 5.91 Å². The molecule has 1 atom stereocenters. The predicted octanol–water partition coefficient (Wildman–Crippen LogP) is 1.74. The van der Waals surface area contributed by atoms with E-state index in [0.717, 1.165) is 5.92 Å². The third-order valence-corrected chi connectivity index (χ3v) is 4.28. The quantitative estimate of drug-likeness (QED) is 0.772. The van der Waals surface area contributed by atoms with Gasteiger partial charge in [-0.1, -0.05) is 6.92 Å². The molecule has 0 bridgehead atoms. The number of nitrogens with two attached hydrogens (primary N) is 1. The minimum atomic E-state index is 0.112. The zero-order valence-electron chi connectivity index (χ0n) is 13.0. The van der Waals surface area contributed by atoms with Gasteiger partial charge in [0.15, 0.2) is 0 Å². The van der Waals surface area contributed by atoms with Gasteiger partial charge in [-0.15, -0.1) is 0 Å². The first kappa shape index (κ1) is 16.4. The van der Waals surface area contributed by atoms with Crippen LogP contribution in [0.5, 0.6) is 0 Å². The lowest BCUT2D eigenvalue weighted by molar-refractivity contribution is -0.122. The van der Waals surface area contributed by atoms with Crippen molar-refractivity contribution in [2.45, 2.75) is 71.0 Å². The molecule has 1 unspecified atom stereocenters. The highest BCUT2D eigenvalue weighted by Gasteiger charge is 2.27. The Balaban J connectivity index is 2.46. The average molecular weight is 269 g/mol. The van der Waals surface area contributed by atoms with Gasteiger partial charge in [0.1, 0.15) is 0 Å². The van der Waals surface area contributed by atoms with Crippen LogP contribution in [0.1, 0.15) is 52.9 Å². The van der Waals surface area contributed by atoms with Crippen LogP contribution in [-0.4, -0.2) is 42.5 Å². The van der Waals surface area contributed by atoms with Crippen LogP contribution in [0.25, 0.3) is 0 Å². The predicted molar refractivity (Wildman–Crippen MR) is 79.9 cm³/mol. The second-order valence-electron chi connectivity index (χ2n) is 6.40. The minimum Gasteiger partial charge on any atom is -0.354 e. The molecule has 0 spiro atoms. The van der Waals surface area contributed by atoms with Crippen molar-refractivity contribution in [3.63, 3.8) is 0 Å². The Bertz CT molecular complexity index is 273. The van der Waals surface area contributed by atoms with Gasteiger partial charge in [-0.2, -0.15) is 0 Å². The highest BCUT2D eigenvalue weighted by atomic mass is 16.1. The fraction of sp³-hybridized carbons (Fsp3) is 0.933. The zero-order valence-corrected chi connectivity index (χ0v) is 13.0. The van der Waals surface area contributed by atoms with Gasteiger partial charge in [-0.25, -0.2) is 0 Å². The van der Waals surface area contributed by atoms with Gasteiger partial charge < -0.3 is 11.1 Å². The van der Waals surface area contributed by atoms with Gasteiger partial charge in [-0.3, -0.25) is 9.69 Å². The van der Waals surface area contributed by atoms with Crippen molar-refractivity contribution in [3.05, 3.63) is 0 Å². The Morgan fingerprint density at radius 3 is 2.37 bits per heavy atom. The van der Waals surface area contributed by atoms with Crippen LogP contribution in [0.2, 0.25) is 0 Å². The number of hydrogen-bond donors (Lipinski definition) is 2. The fourth-order valence-corrected chi connectivity index (χ4v) is 2.94. The molecular weight excluding hydrogens is 238 g/mol. The Kier molecular flexibility index (Phi) is 6.80. The largest absolute Gasteiger partial charge is 0.354 e. The number of amides is 1. The molecule has 1 amide bonds. The molecule has 1 aliphatic carbocycles. The molecule has 0 aromatic rings. The number of likely N-dealkylation sites (N-methyl/N-ethyl adjacent to an activating group) is 1. The molecule has 1 rings (SSSR count). The van der Waals surface area contributed by atoms with Crippen molar-refractivity contribution in [2.24, 2.45) is 11.7 Å². The van der Waals surface area contributed by atoms with Gasteiger partial charge in [0, 0.05) is 31.1 Å². The number of nitrogens with one attached hydrogen (secondary N) is 1. The van der Waals surface area contributed by atoms with Gasteiger partial charge in [-0.05, 0) is 52.5 Å². The number of nitrogens with zero attached hydrogens (tertiary/aromatic N) is 1. The van der Waals surface area contributed by atoms with E-state index in [1.54, 1.807) is 0 Å². The summed E-state index contributed by atoms with van der Waals surface area (Å²) >= 11 is 0. The van der Waals surface area contributed by atoms with Crippen molar-refractivity contribution in [1.82, 2.24) is 10.2 Å². The second-order valence-corrected chi connectivity index (χ2v) is 6.40. The summed E-state index contributed by atoms with van der Waals surface area (Å²) in [6.45, 7) is 6.85. The van der Waals surface area contributed by atoms with Crippen molar-refractivity contribution in [3.8, 4) is 0 Å². The van der Waals surface area contributed by atoms with E-state index in [4.69, 9.17) is 5.73 Å². The van der Waals surface area contributed by atoms with E-state index >= 15 is 0 Å². The molecule has 1 aliphatic rings. The number of carbonyl (C=O) groups is 1. The summed E-state index contributed by atoms with van der Waals surface area (Å²) < 4.78 is 0. The lowest BCUT2D eigenvalue weighted by Crippen LogP contribution is -2.48. The van der Waals surface area contributed by atoms with Crippen LogP contribution in [0, 0.1) is 5.92 Å². The van der Waals surface area contributed by atoms with Crippen LogP contribution in [0.15, 0.2) is 0 Å². The minimum absolute atomic E-state index is 0.112. The third-order valence-electron chi connectivity index (χ3n) is 4.28. The van der Waals surface area contributed by atoms with Gasteiger partial charge in [0.25, 0.3) is 0 Å². The van der Waals surface area contributed by atoms with E-state index in [0.29, 0.717) is 19.0 Å². The summed E-state index contributed by atoms with van der Waals surface area (Å²) in [5, 5.41) is 2.95. The molecule has 4 nitrogen and oxygen atoms in total. The lowest BCUT2D eigenvalue weighted by Gasteiger charge is -2.38. The SMILES string of the molecule is CC1CCC(N(C)C(CN)CC(=O)NC(C)C)CC1. The van der Waals surface area contributed by atoms with E-state index in [1.165, 1.54) is 25.7 Å². The maximum absolute atomic E-state index is 11.9. The maximum Gasteiger partial charge on any atom is 0.221 e. The Morgan fingerprint density at radius 1 is 1.32 bits per heavy atom. The molecule has 3 N–H and O–H groups in total. The van der Waals surface area contributed by atoms with Crippen molar-refractivity contribution < 1.29 is 4.79 Å². The van der Waals surface area contributed by atoms with E-state index < -0.39 is 0 Å². The molecule has 112 valence electrons. The molecule has 19 heavy (non-hydrogen) atoms. The Morgan fingerprint density at radius 2 is 1.89 bits per heavy atom. The Hall–Kier alpha value is -0.610. The molecule has 1 saturated carbocycles. The normalized spacial score (nSPS) is 25.6. The summed E-state index contributed by atoms with van der Waals surface area (Å²) in [4.78, 5) is 14.2. The van der Waals surface area contributed by atoms with Crippen LogP contribution < -0.4 is 11.1 Å². The first-order chi connectivity index (χ1) is 8.93. The van der Waals surface area contributed by atoms with Crippen LogP contribution in [0.4, 0.5) is 0 Å². The van der Waals surface area contributed by atoms with Crippen LogP contribution in [0.3, 0.4) is 0 Å². The molecule has 4 heteroatoms. The number of hydrogen-bond acceptors (Lipinski definition) is 3. The summed E-state index contributed by atoms with van der Waals surface area (Å²) in [5.41, 5.74) is 5.87. The standard InChI is InChI=1S/C15H31N3O/c1-11(2)17-15(19)9-14(10-16)18(4)13-7-5-12(3)6-8-13/h11-14H,5-10,16H2,1-4H3,(H,17,19). The van der Waals surface area contributed by atoms with E-state index in [1.807, 2.05) is 13.8 Å². The number of rotatable bonds is 6. The zero-order chi connectivity index (χ0) is 14.4. The summed E-state index contributed by atoms with van der Waals surface area (Å²) in [7, 11) is 2.13. The average Bonchev–Trinajstić information content (AvgIpc) is 2.35. The lowest BCUT2D eigenvalue weighted by atomic mass is 9.86. The first-order valence-corrected chi connectivity index (χ1v) is 7.65. The van der Waals surface area contributed by atoms with Crippen molar-refractivity contribution in [2.75, 3.05) is 13.6 Å². The van der Waals surface area contributed by atoms with E-state index in [2.05, 4.69) is 24.2 Å². The van der Waals surface area contributed by atoms with E-state index in [-0.39, 0.29) is 18.0 Å². The summed E-state index contributed by atoms with van der Waals surface area (Å²) in [6.07, 6.45) is 5.58. The van der Waals surface area contributed by atoms with Gasteiger partial charge in [0.05, 0.1) is 0 Å². The molecule has 0 radical (unpaired) electrons. The van der Waals surface area contributed by atoms with Crippen molar-refractivity contribution in [1.29, 1.82) is 0 Å². The maximum atomic E-state index is 11.9. The third kappa shape index (κ3) is 5.49. The first-order valence-electron chi connectivity index (χ1n) is 7.65. The van der Waals surface area contributed by atoms with Crippen LogP contribution >= 0.6 is 0 Å². The van der Waals surface area contributed by atoms with Gasteiger partial charge >= 0.3 is 0 Å². The highest BCUT2D eigenvalue weighted by molar-refractivity contribution is 5.76. The second kappa shape index (κ2) is 7.85. The topological polar surface area (TPSA) is 58.4 Å². The fourth-order valence-electron chi connectivity index (χ4n) is 2.94. The molecular formula is C15H31N3O. The molecule has 0 saturated heterocycles. The Labute approximate surface area is 118 Å². The molecule has 0 aromatic heterocycles. The van der Waals surface area contributed by atoms with E-state index in [9.17, 15) is 4.79 Å². The molecule has 0 aromatic carbocycles. The van der Waals surface area contributed by atoms with Gasteiger partial charge in [0.2, 0.25) is 5.91 Å². The molecule has 0 aliphatic heterocycles. The highest BCUT2D eigenvalue weighted by Crippen LogP contribution is 2.27. The smallest absolute Gasteiger partial charge is 0.221 e. The summed E-state index contributed by atoms with van der Waals surface area (Å²) in [6, 6.07) is 0.959. The molecule has 0 heterocycles. The van der Waals surface area contributed by atoms with Crippen LogP contribution in [-0.2, 0) is 4.79 Å². The molecule has 1 fully saturated rings.